The molecule has 1 aliphatic rings. The summed E-state index contributed by atoms with van der Waals surface area (Å²) in [5.74, 6) is -3.39. The number of carbonyl (C=O) groups excluding carboxylic acids is 1. The summed E-state index contributed by atoms with van der Waals surface area (Å²) in [7, 11) is 0. The van der Waals surface area contributed by atoms with Crippen molar-refractivity contribution in [3.63, 3.8) is 0 Å². The molecule has 1 saturated heterocycles. The van der Waals surface area contributed by atoms with Gasteiger partial charge in [-0.2, -0.15) is 0 Å². The first-order valence-electron chi connectivity index (χ1n) is 12.5. The van der Waals surface area contributed by atoms with E-state index in [0.29, 0.717) is 6.42 Å². The second-order valence-electron chi connectivity index (χ2n) is 8.85. The van der Waals surface area contributed by atoms with Gasteiger partial charge in [0.2, 0.25) is 5.91 Å². The first-order chi connectivity index (χ1) is 17.0. The highest BCUT2D eigenvalue weighted by molar-refractivity contribution is 6.27. The van der Waals surface area contributed by atoms with E-state index in [0.717, 1.165) is 13.0 Å². The lowest BCUT2D eigenvalue weighted by molar-refractivity contribution is -0.159. The second kappa shape index (κ2) is 16.4. The third-order valence-electron chi connectivity index (χ3n) is 6.15. The molecular formula is C28H38N2O5. The number of hydrogen-bond acceptors (Lipinski definition) is 4. The van der Waals surface area contributed by atoms with Crippen LogP contribution in [0, 0.1) is 0 Å². The largest absolute Gasteiger partial charge is 0.473 e. The molecule has 0 spiro atoms. The van der Waals surface area contributed by atoms with Crippen molar-refractivity contribution in [1.29, 1.82) is 0 Å². The third kappa shape index (κ3) is 11.7. The number of carboxylic acids is 2. The van der Waals surface area contributed by atoms with Gasteiger partial charge in [-0.1, -0.05) is 79.9 Å². The minimum absolute atomic E-state index is 0.110. The van der Waals surface area contributed by atoms with Gasteiger partial charge in [-0.15, -0.1) is 0 Å². The maximum Gasteiger partial charge on any atom is 0.414 e. The molecule has 0 saturated carbocycles. The standard InChI is InChI=1S/C26H36N2O.C2H2O4/c29-26(27-18-10-13-21-28-19-11-2-1-3-12-20-28)22-25(23-14-6-4-7-15-23)24-16-8-5-9-17-24;3-1(4)2(5)6/h4-9,14-17,25H,1-3,10-13,18-22H2,(H,27,29);(H,3,4)(H,5,6). The lowest BCUT2D eigenvalue weighted by atomic mass is 9.88. The van der Waals surface area contributed by atoms with Gasteiger partial charge in [0.1, 0.15) is 0 Å². The van der Waals surface area contributed by atoms with E-state index in [-0.39, 0.29) is 11.8 Å². The maximum absolute atomic E-state index is 12.6. The fourth-order valence-electron chi connectivity index (χ4n) is 4.28. The van der Waals surface area contributed by atoms with E-state index in [1.165, 1.54) is 69.3 Å². The van der Waals surface area contributed by atoms with E-state index in [1.807, 2.05) is 36.4 Å². The number of rotatable bonds is 9. The molecule has 3 N–H and O–H groups in total. The van der Waals surface area contributed by atoms with Crippen LogP contribution in [0.3, 0.4) is 0 Å². The van der Waals surface area contributed by atoms with Crippen LogP contribution in [0.1, 0.15) is 68.4 Å². The summed E-state index contributed by atoms with van der Waals surface area (Å²) < 4.78 is 0. The molecule has 0 aromatic heterocycles. The molecule has 1 aliphatic heterocycles. The van der Waals surface area contributed by atoms with Gasteiger partial charge in [0, 0.05) is 18.9 Å². The van der Waals surface area contributed by atoms with Gasteiger partial charge in [0.05, 0.1) is 0 Å². The predicted octanol–water partition coefficient (Wildman–Crippen LogP) is 4.53. The summed E-state index contributed by atoms with van der Waals surface area (Å²) in [6.45, 7) is 4.46. The summed E-state index contributed by atoms with van der Waals surface area (Å²) in [5.41, 5.74) is 2.40. The van der Waals surface area contributed by atoms with Gasteiger partial charge in [-0.3, -0.25) is 4.79 Å². The highest BCUT2D eigenvalue weighted by atomic mass is 16.4. The Balaban J connectivity index is 0.000000641. The van der Waals surface area contributed by atoms with Gasteiger partial charge < -0.3 is 20.4 Å². The van der Waals surface area contributed by atoms with Crippen LogP contribution in [0.15, 0.2) is 60.7 Å². The number of amides is 1. The van der Waals surface area contributed by atoms with Crippen molar-refractivity contribution in [2.45, 2.75) is 57.3 Å². The Bertz CT molecular complexity index is 829. The third-order valence-corrected chi connectivity index (χ3v) is 6.15. The van der Waals surface area contributed by atoms with Crippen LogP contribution in [-0.4, -0.2) is 59.1 Å². The number of nitrogens with zero attached hydrogens (tertiary/aromatic N) is 1. The SMILES string of the molecule is O=C(CC(c1ccccc1)c1ccccc1)NCCCCN1CCCCCCC1.O=C(O)C(=O)O. The number of carbonyl (C=O) groups is 3. The van der Waals surface area contributed by atoms with Gasteiger partial charge >= 0.3 is 11.9 Å². The molecule has 190 valence electrons. The van der Waals surface area contributed by atoms with Crippen molar-refractivity contribution < 1.29 is 24.6 Å². The molecule has 7 nitrogen and oxygen atoms in total. The van der Waals surface area contributed by atoms with Crippen LogP contribution in [-0.2, 0) is 14.4 Å². The molecule has 0 atom stereocenters. The van der Waals surface area contributed by atoms with E-state index < -0.39 is 11.9 Å². The van der Waals surface area contributed by atoms with Gasteiger partial charge in [-0.25, -0.2) is 9.59 Å². The van der Waals surface area contributed by atoms with Gasteiger partial charge in [0.15, 0.2) is 0 Å². The molecule has 2 aromatic rings. The van der Waals surface area contributed by atoms with Crippen molar-refractivity contribution in [1.82, 2.24) is 10.2 Å². The van der Waals surface area contributed by atoms with Crippen LogP contribution in [0.4, 0.5) is 0 Å². The number of nitrogens with one attached hydrogen (secondary N) is 1. The fraction of sp³-hybridized carbons (Fsp3) is 0.464. The fourth-order valence-corrected chi connectivity index (χ4v) is 4.28. The lowest BCUT2D eigenvalue weighted by Gasteiger charge is -2.24. The monoisotopic (exact) mass is 482 g/mol. The maximum atomic E-state index is 12.6. The van der Waals surface area contributed by atoms with Crippen LogP contribution < -0.4 is 5.32 Å². The lowest BCUT2D eigenvalue weighted by Crippen LogP contribution is -2.30. The Morgan fingerprint density at radius 2 is 1.23 bits per heavy atom. The topological polar surface area (TPSA) is 107 Å². The number of benzene rings is 2. The number of hydrogen-bond donors (Lipinski definition) is 3. The van der Waals surface area contributed by atoms with Crippen LogP contribution in [0.25, 0.3) is 0 Å². The minimum Gasteiger partial charge on any atom is -0.473 e. The Hall–Kier alpha value is -3.19. The summed E-state index contributed by atoms with van der Waals surface area (Å²) in [6.07, 6.45) is 9.60. The molecule has 0 bridgehead atoms. The number of carboxylic acid groups (broad SMARTS) is 2. The van der Waals surface area contributed by atoms with Gasteiger partial charge in [-0.05, 0) is 56.4 Å². The Labute approximate surface area is 208 Å². The molecule has 7 heteroatoms. The molecule has 0 aliphatic carbocycles. The van der Waals surface area contributed by atoms with Crippen molar-refractivity contribution in [2.24, 2.45) is 0 Å². The highest BCUT2D eigenvalue weighted by Gasteiger charge is 2.17. The van der Waals surface area contributed by atoms with Crippen molar-refractivity contribution >= 4 is 17.8 Å². The van der Waals surface area contributed by atoms with E-state index in [1.54, 1.807) is 0 Å². The summed E-state index contributed by atoms with van der Waals surface area (Å²) >= 11 is 0. The zero-order valence-corrected chi connectivity index (χ0v) is 20.4. The van der Waals surface area contributed by atoms with Crippen LogP contribution in [0.2, 0.25) is 0 Å². The molecule has 2 aromatic carbocycles. The highest BCUT2D eigenvalue weighted by Crippen LogP contribution is 2.27. The number of aliphatic carboxylic acids is 2. The normalized spacial score (nSPS) is 14.2. The number of likely N-dealkylation sites (tertiary alicyclic amines) is 1. The molecule has 35 heavy (non-hydrogen) atoms. The minimum atomic E-state index is -1.82. The molecule has 1 fully saturated rings. The molecular weight excluding hydrogens is 444 g/mol. The van der Waals surface area contributed by atoms with E-state index in [4.69, 9.17) is 19.8 Å². The molecule has 3 rings (SSSR count). The summed E-state index contributed by atoms with van der Waals surface area (Å²) in [5, 5.41) is 17.9. The Kier molecular flexibility index (Phi) is 13.2. The Morgan fingerprint density at radius 1 is 0.743 bits per heavy atom. The number of unbranched alkanes of at least 4 members (excludes halogenated alkanes) is 1. The quantitative estimate of drug-likeness (QED) is 0.358. The first kappa shape index (κ1) is 28.1. The molecule has 0 radical (unpaired) electrons. The van der Waals surface area contributed by atoms with Crippen molar-refractivity contribution in [3.8, 4) is 0 Å². The van der Waals surface area contributed by atoms with Crippen molar-refractivity contribution in [3.05, 3.63) is 71.8 Å². The predicted molar refractivity (Wildman–Crippen MR) is 136 cm³/mol. The smallest absolute Gasteiger partial charge is 0.414 e. The molecule has 1 heterocycles. The molecule has 1 amide bonds. The first-order valence-corrected chi connectivity index (χ1v) is 12.5. The molecule has 0 unspecified atom stereocenters. The van der Waals surface area contributed by atoms with E-state index in [2.05, 4.69) is 34.5 Å². The van der Waals surface area contributed by atoms with Crippen LogP contribution in [0.5, 0.6) is 0 Å². The zero-order chi connectivity index (χ0) is 25.3. The van der Waals surface area contributed by atoms with E-state index >= 15 is 0 Å². The van der Waals surface area contributed by atoms with E-state index in [9.17, 15) is 4.79 Å². The average Bonchev–Trinajstić information content (AvgIpc) is 2.85. The summed E-state index contributed by atoms with van der Waals surface area (Å²) in [6, 6.07) is 20.7. The second-order valence-corrected chi connectivity index (χ2v) is 8.85. The average molecular weight is 483 g/mol. The zero-order valence-electron chi connectivity index (χ0n) is 20.4. The van der Waals surface area contributed by atoms with Gasteiger partial charge in [0.25, 0.3) is 0 Å². The van der Waals surface area contributed by atoms with Crippen molar-refractivity contribution in [2.75, 3.05) is 26.2 Å². The summed E-state index contributed by atoms with van der Waals surface area (Å²) in [4.78, 5) is 33.4. The Morgan fingerprint density at radius 3 is 1.71 bits per heavy atom. The van der Waals surface area contributed by atoms with Crippen LogP contribution >= 0.6 is 0 Å².